The van der Waals surface area contributed by atoms with Gasteiger partial charge in [-0.25, -0.2) is 8.42 Å². The Morgan fingerprint density at radius 3 is 2.40 bits per heavy atom. The van der Waals surface area contributed by atoms with Crippen LogP contribution in [-0.2, 0) is 9.84 Å². The summed E-state index contributed by atoms with van der Waals surface area (Å²) in [7, 11) is -2.70. The van der Waals surface area contributed by atoms with E-state index < -0.39 is 9.84 Å². The van der Waals surface area contributed by atoms with Crippen LogP contribution in [0.5, 0.6) is 0 Å². The fourth-order valence-corrected chi connectivity index (χ4v) is 3.40. The van der Waals surface area contributed by atoms with Crippen LogP contribution in [-0.4, -0.2) is 32.5 Å². The zero-order valence-corrected chi connectivity index (χ0v) is 10.6. The predicted molar refractivity (Wildman–Crippen MR) is 63.8 cm³/mol. The summed E-state index contributed by atoms with van der Waals surface area (Å²) in [5, 5.41) is 3.45. The number of rotatable bonds is 5. The van der Waals surface area contributed by atoms with Crippen LogP contribution in [0.15, 0.2) is 0 Å². The van der Waals surface area contributed by atoms with E-state index in [9.17, 15) is 8.42 Å². The maximum absolute atomic E-state index is 11.2. The Morgan fingerprint density at radius 1 is 1.27 bits per heavy atom. The Morgan fingerprint density at radius 2 is 1.87 bits per heavy atom. The Hall–Kier alpha value is -0.0900. The third-order valence-corrected chi connectivity index (χ3v) is 4.66. The molecule has 0 radical (unpaired) electrons. The van der Waals surface area contributed by atoms with Crippen LogP contribution in [0.2, 0.25) is 0 Å². The van der Waals surface area contributed by atoms with Crippen molar-refractivity contribution in [3.63, 3.8) is 0 Å². The first kappa shape index (κ1) is 13.0. The maximum Gasteiger partial charge on any atom is 0.150 e. The summed E-state index contributed by atoms with van der Waals surface area (Å²) in [4.78, 5) is 0. The second-order valence-corrected chi connectivity index (χ2v) is 7.22. The highest BCUT2D eigenvalue weighted by atomic mass is 32.2. The Bertz CT molecular complexity index is 258. The molecule has 1 fully saturated rings. The predicted octanol–water partition coefficient (Wildman–Crippen LogP) is 1.59. The van der Waals surface area contributed by atoms with Crippen molar-refractivity contribution in [1.82, 2.24) is 5.32 Å². The van der Waals surface area contributed by atoms with Crippen molar-refractivity contribution in [2.45, 2.75) is 45.6 Å². The van der Waals surface area contributed by atoms with Crippen molar-refractivity contribution in [3.05, 3.63) is 0 Å². The highest BCUT2D eigenvalue weighted by Crippen LogP contribution is 2.12. The first-order chi connectivity index (χ1) is 6.99. The van der Waals surface area contributed by atoms with Crippen molar-refractivity contribution in [2.24, 2.45) is 5.92 Å². The fraction of sp³-hybridized carbons (Fsp3) is 1.00. The molecule has 0 amide bonds. The molecular weight excluding hydrogens is 210 g/mol. The van der Waals surface area contributed by atoms with Crippen LogP contribution >= 0.6 is 0 Å². The average Bonchev–Trinajstić information content (AvgIpc) is 2.14. The van der Waals surface area contributed by atoms with Gasteiger partial charge in [-0.15, -0.1) is 0 Å². The molecule has 4 heteroatoms. The highest BCUT2D eigenvalue weighted by molar-refractivity contribution is 7.91. The van der Waals surface area contributed by atoms with E-state index in [-0.39, 0.29) is 0 Å². The van der Waals surface area contributed by atoms with Crippen molar-refractivity contribution < 1.29 is 8.42 Å². The molecule has 1 N–H and O–H groups in total. The summed E-state index contributed by atoms with van der Waals surface area (Å²) < 4.78 is 22.4. The lowest BCUT2D eigenvalue weighted by atomic mass is 10.1. The lowest BCUT2D eigenvalue weighted by Gasteiger charge is -2.23. The maximum atomic E-state index is 11.2. The van der Waals surface area contributed by atoms with Gasteiger partial charge in [0.1, 0.15) is 9.84 Å². The van der Waals surface area contributed by atoms with Crippen molar-refractivity contribution in [3.8, 4) is 0 Å². The lowest BCUT2D eigenvalue weighted by molar-refractivity contribution is 0.442. The molecule has 0 aliphatic carbocycles. The van der Waals surface area contributed by atoms with E-state index >= 15 is 0 Å². The molecule has 0 aromatic carbocycles. The van der Waals surface area contributed by atoms with E-state index in [0.29, 0.717) is 17.5 Å². The number of hydrogen-bond acceptors (Lipinski definition) is 3. The van der Waals surface area contributed by atoms with Gasteiger partial charge in [-0.05, 0) is 38.1 Å². The first-order valence-corrected chi connectivity index (χ1v) is 7.75. The molecule has 1 rings (SSSR count). The average molecular weight is 233 g/mol. The molecule has 0 aromatic rings. The van der Waals surface area contributed by atoms with Gasteiger partial charge in [0.05, 0.1) is 11.5 Å². The summed E-state index contributed by atoms with van der Waals surface area (Å²) in [5.74, 6) is 1.50. The van der Waals surface area contributed by atoms with Gasteiger partial charge in [0.15, 0.2) is 0 Å². The zero-order valence-electron chi connectivity index (χ0n) is 9.83. The smallest absolute Gasteiger partial charge is 0.150 e. The van der Waals surface area contributed by atoms with E-state index in [1.807, 2.05) is 0 Å². The topological polar surface area (TPSA) is 46.2 Å². The molecule has 1 aliphatic heterocycles. The van der Waals surface area contributed by atoms with Crippen LogP contribution in [0.4, 0.5) is 0 Å². The van der Waals surface area contributed by atoms with Crippen molar-refractivity contribution >= 4 is 9.84 Å². The van der Waals surface area contributed by atoms with Crippen LogP contribution in [0.1, 0.15) is 39.5 Å². The summed E-state index contributed by atoms with van der Waals surface area (Å²) in [5.41, 5.74) is 0. The van der Waals surface area contributed by atoms with Gasteiger partial charge in [-0.2, -0.15) is 0 Å². The van der Waals surface area contributed by atoms with E-state index in [4.69, 9.17) is 0 Å². The van der Waals surface area contributed by atoms with Crippen molar-refractivity contribution in [2.75, 3.05) is 18.1 Å². The largest absolute Gasteiger partial charge is 0.314 e. The molecule has 0 saturated carbocycles. The van der Waals surface area contributed by atoms with E-state index in [1.165, 1.54) is 12.8 Å². The van der Waals surface area contributed by atoms with Crippen LogP contribution in [0, 0.1) is 5.92 Å². The van der Waals surface area contributed by atoms with E-state index in [1.54, 1.807) is 0 Å². The van der Waals surface area contributed by atoms with Crippen LogP contribution in [0.3, 0.4) is 0 Å². The lowest BCUT2D eigenvalue weighted by Crippen LogP contribution is -2.37. The molecular formula is C11H23NO2S. The molecule has 3 nitrogen and oxygen atoms in total. The Labute approximate surface area is 93.6 Å². The third-order valence-electron chi connectivity index (χ3n) is 2.95. The summed E-state index contributed by atoms with van der Waals surface area (Å²) in [6, 6.07) is 0.431. The number of sulfone groups is 1. The molecule has 0 bridgehead atoms. The minimum absolute atomic E-state index is 0.370. The Balaban J connectivity index is 2.09. The second kappa shape index (κ2) is 5.85. The number of nitrogens with one attached hydrogen (secondary N) is 1. The summed E-state index contributed by atoms with van der Waals surface area (Å²) >= 11 is 0. The summed E-state index contributed by atoms with van der Waals surface area (Å²) in [6.07, 6.45) is 4.03. The monoisotopic (exact) mass is 233 g/mol. The molecule has 0 spiro atoms. The molecule has 90 valence electrons. The zero-order chi connectivity index (χ0) is 11.3. The molecule has 1 saturated heterocycles. The standard InChI is InChI=1S/C11H23NO2S/c1-10(2)4-3-7-12-11-5-8-15(13,14)9-6-11/h10-12H,3-9H2,1-2H3. The second-order valence-electron chi connectivity index (χ2n) is 4.92. The third kappa shape index (κ3) is 5.52. The van der Waals surface area contributed by atoms with Gasteiger partial charge in [-0.3, -0.25) is 0 Å². The normalized spacial score (nSPS) is 22.1. The van der Waals surface area contributed by atoms with Gasteiger partial charge in [0.25, 0.3) is 0 Å². The number of hydrogen-bond donors (Lipinski definition) is 1. The Kier molecular flexibility index (Phi) is 5.06. The van der Waals surface area contributed by atoms with Crippen molar-refractivity contribution in [1.29, 1.82) is 0 Å². The molecule has 1 heterocycles. The van der Waals surface area contributed by atoms with E-state index in [2.05, 4.69) is 19.2 Å². The fourth-order valence-electron chi connectivity index (χ4n) is 1.91. The quantitative estimate of drug-likeness (QED) is 0.734. The van der Waals surface area contributed by atoms with Gasteiger partial charge in [0, 0.05) is 6.04 Å². The van der Waals surface area contributed by atoms with Crippen LogP contribution < -0.4 is 5.32 Å². The van der Waals surface area contributed by atoms with Gasteiger partial charge >= 0.3 is 0 Å². The van der Waals surface area contributed by atoms with Gasteiger partial charge < -0.3 is 5.32 Å². The molecule has 0 aromatic heterocycles. The molecule has 0 unspecified atom stereocenters. The van der Waals surface area contributed by atoms with Gasteiger partial charge in [-0.1, -0.05) is 13.8 Å². The molecule has 1 aliphatic rings. The molecule has 15 heavy (non-hydrogen) atoms. The van der Waals surface area contributed by atoms with Crippen LogP contribution in [0.25, 0.3) is 0 Å². The van der Waals surface area contributed by atoms with Gasteiger partial charge in [0.2, 0.25) is 0 Å². The highest BCUT2D eigenvalue weighted by Gasteiger charge is 2.22. The molecule has 0 atom stereocenters. The van der Waals surface area contributed by atoms with E-state index in [0.717, 1.165) is 25.3 Å². The first-order valence-electron chi connectivity index (χ1n) is 5.93. The minimum atomic E-state index is -2.70. The summed E-state index contributed by atoms with van der Waals surface area (Å²) in [6.45, 7) is 5.49. The minimum Gasteiger partial charge on any atom is -0.314 e. The SMILES string of the molecule is CC(C)CCCNC1CCS(=O)(=O)CC1.